The van der Waals surface area contributed by atoms with Gasteiger partial charge in [0.2, 0.25) is 0 Å². The predicted molar refractivity (Wildman–Crippen MR) is 138 cm³/mol. The summed E-state index contributed by atoms with van der Waals surface area (Å²) in [7, 11) is 3.25. The highest BCUT2D eigenvalue weighted by atomic mass is 16.5. The lowest BCUT2D eigenvalue weighted by molar-refractivity contribution is -0.0152. The molecular weight excluding hydrogens is 444 g/mol. The Morgan fingerprint density at radius 3 is 1.43 bits per heavy atom. The number of hydrogen-bond acceptors (Lipinski definition) is 7. The molecular formula is C28H42N2O5. The van der Waals surface area contributed by atoms with Gasteiger partial charge in [0.1, 0.15) is 23.0 Å². The molecule has 0 bridgehead atoms. The summed E-state index contributed by atoms with van der Waals surface area (Å²) < 4.78 is 11.0. The molecule has 1 saturated heterocycles. The van der Waals surface area contributed by atoms with Crippen LogP contribution in [0.25, 0.3) is 0 Å². The number of β-amino-alcohol motifs (C(OH)–C–C–N with tert-alkyl or cyclic N) is 1. The van der Waals surface area contributed by atoms with Crippen molar-refractivity contribution in [2.24, 2.45) is 0 Å². The van der Waals surface area contributed by atoms with Gasteiger partial charge < -0.3 is 24.8 Å². The number of aliphatic hydroxyl groups is 1. The van der Waals surface area contributed by atoms with Crippen molar-refractivity contribution in [1.82, 2.24) is 9.80 Å². The number of aromatic hydroxyl groups is 2. The van der Waals surface area contributed by atoms with Crippen molar-refractivity contribution < 1.29 is 24.8 Å². The first-order valence-corrected chi connectivity index (χ1v) is 12.2. The van der Waals surface area contributed by atoms with Crippen molar-refractivity contribution in [3.63, 3.8) is 0 Å². The van der Waals surface area contributed by atoms with Crippen LogP contribution < -0.4 is 9.47 Å². The quantitative estimate of drug-likeness (QED) is 0.560. The summed E-state index contributed by atoms with van der Waals surface area (Å²) in [6.45, 7) is 14.9. The maximum atomic E-state index is 11.0. The van der Waals surface area contributed by atoms with Gasteiger partial charge in [0, 0.05) is 48.4 Å². The van der Waals surface area contributed by atoms with Gasteiger partial charge in [-0.25, -0.2) is 0 Å². The first-order valence-electron chi connectivity index (χ1n) is 12.2. The lowest BCUT2D eigenvalue weighted by Crippen LogP contribution is -2.51. The Morgan fingerprint density at radius 1 is 0.743 bits per heavy atom. The van der Waals surface area contributed by atoms with Gasteiger partial charge in [0.15, 0.2) is 0 Å². The number of hydrogen-bond donors (Lipinski definition) is 3. The van der Waals surface area contributed by atoms with Crippen LogP contribution >= 0.6 is 0 Å². The molecule has 0 unspecified atom stereocenters. The van der Waals surface area contributed by atoms with E-state index in [1.165, 1.54) is 0 Å². The molecule has 2 aromatic rings. The van der Waals surface area contributed by atoms with Crippen LogP contribution in [0.2, 0.25) is 0 Å². The molecule has 0 spiro atoms. The maximum Gasteiger partial charge on any atom is 0.124 e. The summed E-state index contributed by atoms with van der Waals surface area (Å²) in [4.78, 5) is 4.22. The van der Waals surface area contributed by atoms with E-state index in [1.54, 1.807) is 14.2 Å². The largest absolute Gasteiger partial charge is 0.507 e. The third-order valence-corrected chi connectivity index (χ3v) is 6.54. The average Bonchev–Trinajstić information content (AvgIpc) is 2.74. The molecule has 1 aliphatic rings. The van der Waals surface area contributed by atoms with Crippen LogP contribution in [0.5, 0.6) is 23.0 Å². The minimum absolute atomic E-state index is 0.241. The predicted octanol–water partition coefficient (Wildman–Crippen LogP) is 4.35. The van der Waals surface area contributed by atoms with E-state index in [9.17, 15) is 15.3 Å². The minimum Gasteiger partial charge on any atom is -0.507 e. The number of phenols is 2. The normalized spacial score (nSPS) is 16.5. The van der Waals surface area contributed by atoms with E-state index in [-0.39, 0.29) is 22.3 Å². The molecule has 0 aliphatic carbocycles. The van der Waals surface area contributed by atoms with Crippen LogP contribution in [0.1, 0.15) is 63.8 Å². The summed E-state index contributed by atoms with van der Waals surface area (Å²) in [5, 5.41) is 32.7. The second-order valence-electron chi connectivity index (χ2n) is 11.7. The topological polar surface area (TPSA) is 85.6 Å². The Balaban J connectivity index is 1.86. The molecule has 35 heavy (non-hydrogen) atoms. The first kappa shape index (κ1) is 27.1. The fourth-order valence-corrected chi connectivity index (χ4v) is 4.71. The number of rotatable bonds is 6. The van der Waals surface area contributed by atoms with Crippen LogP contribution in [-0.2, 0) is 23.9 Å². The Morgan fingerprint density at radius 2 is 1.11 bits per heavy atom. The number of phenolic OH excluding ortho intramolecular Hbond substituents is 2. The minimum atomic E-state index is -0.548. The summed E-state index contributed by atoms with van der Waals surface area (Å²) >= 11 is 0. The Kier molecular flexibility index (Phi) is 7.94. The molecule has 3 rings (SSSR count). The first-order chi connectivity index (χ1) is 16.2. The molecule has 0 saturated carbocycles. The van der Waals surface area contributed by atoms with E-state index in [1.807, 2.05) is 24.3 Å². The summed E-state index contributed by atoms with van der Waals surface area (Å²) in [5.74, 6) is 1.94. The molecule has 7 nitrogen and oxygen atoms in total. The molecule has 0 amide bonds. The zero-order valence-corrected chi connectivity index (χ0v) is 22.5. The van der Waals surface area contributed by atoms with Crippen LogP contribution in [0.15, 0.2) is 24.3 Å². The molecule has 1 heterocycles. The highest BCUT2D eigenvalue weighted by Crippen LogP contribution is 2.39. The van der Waals surface area contributed by atoms with Crippen molar-refractivity contribution in [3.05, 3.63) is 46.5 Å². The Bertz CT molecular complexity index is 958. The van der Waals surface area contributed by atoms with Crippen LogP contribution in [0.3, 0.4) is 0 Å². The molecule has 1 fully saturated rings. The van der Waals surface area contributed by atoms with Gasteiger partial charge in [-0.3, -0.25) is 9.80 Å². The van der Waals surface area contributed by atoms with Crippen molar-refractivity contribution in [2.45, 2.75) is 71.6 Å². The van der Waals surface area contributed by atoms with E-state index in [4.69, 9.17) is 9.47 Å². The fraction of sp³-hybridized carbons (Fsp3) is 0.571. The van der Waals surface area contributed by atoms with Crippen LogP contribution in [-0.4, -0.2) is 65.2 Å². The molecule has 194 valence electrons. The van der Waals surface area contributed by atoms with Gasteiger partial charge in [-0.2, -0.15) is 0 Å². The maximum absolute atomic E-state index is 11.0. The highest BCUT2D eigenvalue weighted by Gasteiger charge is 2.29. The van der Waals surface area contributed by atoms with Gasteiger partial charge in [0.05, 0.1) is 27.0 Å². The summed E-state index contributed by atoms with van der Waals surface area (Å²) in [6.07, 6.45) is -0.548. The lowest BCUT2D eigenvalue weighted by atomic mass is 9.85. The van der Waals surface area contributed by atoms with Crippen molar-refractivity contribution in [1.29, 1.82) is 0 Å². The second-order valence-corrected chi connectivity index (χ2v) is 11.7. The summed E-state index contributed by atoms with van der Waals surface area (Å²) in [5.41, 5.74) is 2.71. The molecule has 1 aliphatic heterocycles. The molecule has 3 N–H and O–H groups in total. The second kappa shape index (κ2) is 10.2. The van der Waals surface area contributed by atoms with Crippen LogP contribution in [0, 0.1) is 0 Å². The van der Waals surface area contributed by atoms with Crippen molar-refractivity contribution in [2.75, 3.05) is 34.0 Å². The third kappa shape index (κ3) is 6.40. The molecule has 0 atom stereocenters. The third-order valence-electron chi connectivity index (χ3n) is 6.54. The standard InChI is InChI=1S/C28H42N2O5/c1-27(2,3)23-11-21(34-7)9-18(25(23)32)13-29-15-20(31)16-30(17-29)14-19-10-22(35-8)12-24(26(19)33)28(4,5)6/h9-12,20,31-33H,13-17H2,1-8H3. The summed E-state index contributed by atoms with van der Waals surface area (Å²) in [6, 6.07) is 7.49. The van der Waals surface area contributed by atoms with Gasteiger partial charge >= 0.3 is 0 Å². The zero-order valence-electron chi connectivity index (χ0n) is 22.5. The van der Waals surface area contributed by atoms with E-state index in [0.29, 0.717) is 44.3 Å². The highest BCUT2D eigenvalue weighted by molar-refractivity contribution is 5.50. The zero-order chi connectivity index (χ0) is 26.1. The van der Waals surface area contributed by atoms with Gasteiger partial charge in [0.25, 0.3) is 0 Å². The SMILES string of the molecule is COc1cc(CN2CC(O)CN(Cc3cc(OC)cc(C(C)(C)C)c3O)C2)c(O)c(C(C)(C)C)c1. The molecule has 0 aromatic heterocycles. The van der Waals surface area contributed by atoms with Crippen molar-refractivity contribution >= 4 is 0 Å². The number of ether oxygens (including phenoxy) is 2. The number of aliphatic hydroxyl groups excluding tert-OH is 1. The fourth-order valence-electron chi connectivity index (χ4n) is 4.71. The van der Waals surface area contributed by atoms with Gasteiger partial charge in [-0.15, -0.1) is 0 Å². The van der Waals surface area contributed by atoms with E-state index >= 15 is 0 Å². The van der Waals surface area contributed by atoms with E-state index < -0.39 is 6.10 Å². The van der Waals surface area contributed by atoms with Gasteiger partial charge in [-0.05, 0) is 35.1 Å². The van der Waals surface area contributed by atoms with E-state index in [0.717, 1.165) is 22.3 Å². The van der Waals surface area contributed by atoms with E-state index in [2.05, 4.69) is 51.3 Å². The monoisotopic (exact) mass is 486 g/mol. The number of methoxy groups -OCH3 is 2. The Labute approximate surface area is 209 Å². The lowest BCUT2D eigenvalue weighted by Gasteiger charge is -2.39. The number of nitrogens with zero attached hydrogens (tertiary/aromatic N) is 2. The molecule has 2 aromatic carbocycles. The number of benzene rings is 2. The van der Waals surface area contributed by atoms with Crippen molar-refractivity contribution in [3.8, 4) is 23.0 Å². The molecule has 0 radical (unpaired) electrons. The molecule has 7 heteroatoms. The smallest absolute Gasteiger partial charge is 0.124 e. The average molecular weight is 487 g/mol. The van der Waals surface area contributed by atoms with Gasteiger partial charge in [-0.1, -0.05) is 41.5 Å². The van der Waals surface area contributed by atoms with Crippen LogP contribution in [0.4, 0.5) is 0 Å². The Hall–Kier alpha value is -2.48.